The number of hydrogen-bond acceptors (Lipinski definition) is 2. The first-order valence-corrected chi connectivity index (χ1v) is 9.69. The summed E-state index contributed by atoms with van der Waals surface area (Å²) in [5.41, 5.74) is 6.38. The molecule has 0 unspecified atom stereocenters. The topological polar surface area (TPSA) is 6.48 Å². The molecule has 0 spiro atoms. The van der Waals surface area contributed by atoms with Crippen molar-refractivity contribution in [2.45, 2.75) is 5.92 Å². The second-order valence-corrected chi connectivity index (χ2v) is 7.89. The fourth-order valence-corrected chi connectivity index (χ4v) is 3.64. The van der Waals surface area contributed by atoms with E-state index in [2.05, 4.69) is 48.5 Å². The Hall–Kier alpha value is -2.42. The van der Waals surface area contributed by atoms with Crippen LogP contribution in [0.15, 0.2) is 48.5 Å². The van der Waals surface area contributed by atoms with Crippen LogP contribution in [-0.2, 0) is 0 Å². The van der Waals surface area contributed by atoms with Crippen molar-refractivity contribution in [3.05, 3.63) is 65.2 Å². The quantitative estimate of drug-likeness (QED) is 0.413. The second-order valence-electron chi connectivity index (χ2n) is 7.89. The fourth-order valence-electron chi connectivity index (χ4n) is 3.64. The van der Waals surface area contributed by atoms with Crippen LogP contribution in [0.3, 0.4) is 0 Å². The third kappa shape index (κ3) is 4.08. The van der Waals surface area contributed by atoms with Crippen LogP contribution < -0.4 is 37.1 Å². The average Bonchev–Trinajstić information content (AvgIpc) is 2.74. The highest BCUT2D eigenvalue weighted by molar-refractivity contribution is 6.67. The molecular formula is C23H21B5N2. The first-order valence-electron chi connectivity index (χ1n) is 9.69. The Labute approximate surface area is 187 Å². The van der Waals surface area contributed by atoms with Gasteiger partial charge in [-0.25, -0.2) is 0 Å². The molecular weight excluding hydrogens is 358 g/mol. The third-order valence-corrected chi connectivity index (χ3v) is 5.52. The summed E-state index contributed by atoms with van der Waals surface area (Å²) in [6, 6.07) is 16.5. The van der Waals surface area contributed by atoms with Crippen molar-refractivity contribution in [1.82, 2.24) is 0 Å². The van der Waals surface area contributed by atoms with Gasteiger partial charge < -0.3 is 9.80 Å². The smallest absolute Gasteiger partial charge is 0.113 e. The summed E-state index contributed by atoms with van der Waals surface area (Å²) in [6.45, 7) is 0. The molecule has 2 nitrogen and oxygen atoms in total. The maximum absolute atomic E-state index is 6.43. The molecule has 7 heteroatoms. The number of hydrogen-bond donors (Lipinski definition) is 0. The fraction of sp³-hybridized carbons (Fsp3) is 0.217. The SMILES string of the molecule is [B]c1c([B])c([B])c(C(c2ccc(N(C)C)cc2)c2ccc(N(C)C)cc2)c([B])c1[B]. The van der Waals surface area contributed by atoms with Gasteiger partial charge in [-0.2, -0.15) is 0 Å². The highest BCUT2D eigenvalue weighted by Gasteiger charge is 2.23. The first kappa shape index (κ1) is 22.3. The van der Waals surface area contributed by atoms with Gasteiger partial charge in [0.25, 0.3) is 0 Å². The Balaban J connectivity index is 2.26. The summed E-state index contributed by atoms with van der Waals surface area (Å²) in [5.74, 6) is -0.248. The molecule has 0 aliphatic carbocycles. The minimum atomic E-state index is -0.248. The maximum Gasteiger partial charge on any atom is 0.113 e. The van der Waals surface area contributed by atoms with E-state index in [1.807, 2.05) is 38.0 Å². The number of nitrogens with zero attached hydrogens (tertiary/aromatic N) is 2. The Bertz CT molecular complexity index is 964. The van der Waals surface area contributed by atoms with Gasteiger partial charge >= 0.3 is 0 Å². The lowest BCUT2D eigenvalue weighted by molar-refractivity contribution is 0.990. The predicted molar refractivity (Wildman–Crippen MR) is 136 cm³/mol. The Morgan fingerprint density at radius 1 is 0.500 bits per heavy atom. The van der Waals surface area contributed by atoms with Crippen molar-refractivity contribution in [2.24, 2.45) is 0 Å². The van der Waals surface area contributed by atoms with E-state index < -0.39 is 0 Å². The van der Waals surface area contributed by atoms with Crippen LogP contribution >= 0.6 is 0 Å². The molecule has 0 bridgehead atoms. The van der Waals surface area contributed by atoms with Gasteiger partial charge in [0, 0.05) is 45.5 Å². The lowest BCUT2D eigenvalue weighted by Gasteiger charge is -2.29. The van der Waals surface area contributed by atoms with Gasteiger partial charge in [-0.1, -0.05) is 29.8 Å². The van der Waals surface area contributed by atoms with E-state index in [4.69, 9.17) is 39.2 Å². The molecule has 0 aromatic heterocycles. The van der Waals surface area contributed by atoms with Crippen molar-refractivity contribution < 1.29 is 0 Å². The van der Waals surface area contributed by atoms with Gasteiger partial charge in [-0.3, -0.25) is 0 Å². The number of rotatable bonds is 5. The Morgan fingerprint density at radius 3 is 1.10 bits per heavy atom. The highest BCUT2D eigenvalue weighted by atomic mass is 15.1. The molecule has 30 heavy (non-hydrogen) atoms. The van der Waals surface area contributed by atoms with Crippen molar-refractivity contribution >= 4 is 77.9 Å². The van der Waals surface area contributed by atoms with Crippen molar-refractivity contribution in [3.63, 3.8) is 0 Å². The predicted octanol–water partition coefficient (Wildman–Crippen LogP) is -1.03. The molecule has 3 aromatic rings. The van der Waals surface area contributed by atoms with Gasteiger partial charge in [0.1, 0.15) is 39.2 Å². The molecule has 0 N–H and O–H groups in total. The lowest BCUT2D eigenvalue weighted by atomic mass is 9.58. The monoisotopic (exact) mass is 380 g/mol. The maximum atomic E-state index is 6.43. The van der Waals surface area contributed by atoms with Crippen LogP contribution in [-0.4, -0.2) is 67.4 Å². The molecule has 3 aromatic carbocycles. The van der Waals surface area contributed by atoms with Crippen LogP contribution in [0, 0.1) is 0 Å². The molecule has 0 aliphatic rings. The molecule has 0 saturated carbocycles. The van der Waals surface area contributed by atoms with Crippen LogP contribution in [0.4, 0.5) is 11.4 Å². The van der Waals surface area contributed by atoms with Gasteiger partial charge in [0.2, 0.25) is 0 Å². The Morgan fingerprint density at radius 2 is 0.800 bits per heavy atom. The van der Waals surface area contributed by atoms with Gasteiger partial charge in [0.05, 0.1) is 0 Å². The van der Waals surface area contributed by atoms with Crippen molar-refractivity contribution in [1.29, 1.82) is 0 Å². The van der Waals surface area contributed by atoms with Crippen LogP contribution in [0.5, 0.6) is 0 Å². The van der Waals surface area contributed by atoms with Crippen LogP contribution in [0.25, 0.3) is 0 Å². The molecule has 0 fully saturated rings. The summed E-state index contributed by atoms with van der Waals surface area (Å²) in [5, 5.41) is 0. The van der Waals surface area contributed by atoms with E-state index in [0.29, 0.717) is 16.5 Å². The molecule has 138 valence electrons. The minimum Gasteiger partial charge on any atom is -0.378 e. The molecule has 0 aliphatic heterocycles. The van der Waals surface area contributed by atoms with Crippen LogP contribution in [0.1, 0.15) is 22.6 Å². The van der Waals surface area contributed by atoms with Gasteiger partial charge in [-0.15, -0.1) is 27.3 Å². The average molecular weight is 379 g/mol. The summed E-state index contributed by atoms with van der Waals surface area (Å²) < 4.78 is 0. The molecule has 0 amide bonds. The summed E-state index contributed by atoms with van der Waals surface area (Å²) >= 11 is 0. The largest absolute Gasteiger partial charge is 0.378 e. The normalized spacial score (nSPS) is 11.0. The number of anilines is 2. The minimum absolute atomic E-state index is 0.221. The molecule has 3 rings (SSSR count). The third-order valence-electron chi connectivity index (χ3n) is 5.52. The second kappa shape index (κ2) is 8.75. The summed E-state index contributed by atoms with van der Waals surface area (Å²) in [4.78, 5) is 4.10. The van der Waals surface area contributed by atoms with E-state index in [1.54, 1.807) is 0 Å². The van der Waals surface area contributed by atoms with E-state index in [-0.39, 0.29) is 22.3 Å². The van der Waals surface area contributed by atoms with Gasteiger partial charge in [-0.05, 0) is 35.4 Å². The molecule has 10 radical (unpaired) electrons. The highest BCUT2D eigenvalue weighted by Crippen LogP contribution is 2.31. The molecule has 0 saturated heterocycles. The zero-order chi connectivity index (χ0) is 22.2. The van der Waals surface area contributed by atoms with E-state index in [9.17, 15) is 0 Å². The van der Waals surface area contributed by atoms with E-state index >= 15 is 0 Å². The summed E-state index contributed by atoms with van der Waals surface area (Å²) in [6.07, 6.45) is 0. The molecule has 0 atom stereocenters. The van der Waals surface area contributed by atoms with Crippen LogP contribution in [0.2, 0.25) is 0 Å². The first-order chi connectivity index (χ1) is 14.1. The van der Waals surface area contributed by atoms with Crippen molar-refractivity contribution in [2.75, 3.05) is 38.0 Å². The van der Waals surface area contributed by atoms with Crippen molar-refractivity contribution in [3.8, 4) is 0 Å². The molecule has 0 heterocycles. The standard InChI is InChI=1S/C23H21B5N2/c1-29(2)15-9-5-13(6-10-15)17(14-7-11-16(12-8-14)30(3)4)18-19(24)21(26)23(28)22(27)20(18)25/h5-12,17H,1-4H3. The summed E-state index contributed by atoms with van der Waals surface area (Å²) in [7, 11) is 39.2. The van der Waals surface area contributed by atoms with Gasteiger partial charge in [0.15, 0.2) is 0 Å². The van der Waals surface area contributed by atoms with E-state index in [0.717, 1.165) is 22.5 Å². The Kier molecular flexibility index (Phi) is 6.50. The number of benzene rings is 3. The van der Waals surface area contributed by atoms with E-state index in [1.165, 1.54) is 0 Å². The lowest BCUT2D eigenvalue weighted by Crippen LogP contribution is -2.56. The zero-order valence-electron chi connectivity index (χ0n) is 18.0. The zero-order valence-corrected chi connectivity index (χ0v) is 18.0.